The van der Waals surface area contributed by atoms with Crippen LogP contribution in [0.4, 0.5) is 4.39 Å². The molecule has 0 aliphatic heterocycles. The van der Waals surface area contributed by atoms with Crippen LogP contribution >= 0.6 is 0 Å². The third-order valence-corrected chi connectivity index (χ3v) is 2.43. The van der Waals surface area contributed by atoms with Crippen LogP contribution in [-0.4, -0.2) is 12.1 Å². The van der Waals surface area contributed by atoms with Gasteiger partial charge in [-0.2, -0.15) is 0 Å². The minimum absolute atomic E-state index is 0.00106. The van der Waals surface area contributed by atoms with Gasteiger partial charge in [0.05, 0.1) is 0 Å². The minimum Gasteiger partial charge on any atom is -0.330 e. The summed E-state index contributed by atoms with van der Waals surface area (Å²) in [5.41, 5.74) is 6.47. The van der Waals surface area contributed by atoms with Crippen molar-refractivity contribution in [3.63, 3.8) is 0 Å². The van der Waals surface area contributed by atoms with E-state index in [4.69, 9.17) is 5.73 Å². The van der Waals surface area contributed by atoms with Crippen LogP contribution in [0.1, 0.15) is 25.8 Å². The molecule has 2 nitrogen and oxygen atoms in total. The molecule has 0 spiro atoms. The molecule has 0 heterocycles. The summed E-state index contributed by atoms with van der Waals surface area (Å²) in [4.78, 5) is 0. The normalized spacial score (nSPS) is 11.7. The summed E-state index contributed by atoms with van der Waals surface area (Å²) in [6, 6.07) is 6.64. The first-order valence-corrected chi connectivity index (χ1v) is 5.23. The van der Waals surface area contributed by atoms with Crippen LogP contribution in [0, 0.1) is 5.82 Å². The first-order valence-electron chi connectivity index (χ1n) is 5.23. The van der Waals surface area contributed by atoms with Gasteiger partial charge in [0.25, 0.3) is 0 Å². The maximum Gasteiger partial charge on any atom is 0.123 e. The zero-order valence-corrected chi connectivity index (χ0v) is 9.39. The Morgan fingerprint density at radius 2 is 2.13 bits per heavy atom. The molecule has 84 valence electrons. The van der Waals surface area contributed by atoms with Crippen LogP contribution in [0.3, 0.4) is 0 Å². The van der Waals surface area contributed by atoms with Gasteiger partial charge in [-0.25, -0.2) is 4.39 Å². The second-order valence-electron chi connectivity index (χ2n) is 4.41. The number of halogens is 1. The van der Waals surface area contributed by atoms with E-state index >= 15 is 0 Å². The highest BCUT2D eigenvalue weighted by molar-refractivity contribution is 5.16. The zero-order valence-electron chi connectivity index (χ0n) is 9.39. The standard InChI is InChI=1S/C12H19FN2/c1-12(2,6-7-14)15-9-10-4-3-5-11(13)8-10/h3-5,8,15H,6-7,9,14H2,1-2H3. The lowest BCUT2D eigenvalue weighted by Crippen LogP contribution is -2.40. The Balaban J connectivity index is 2.49. The van der Waals surface area contributed by atoms with Crippen LogP contribution in [-0.2, 0) is 6.54 Å². The van der Waals surface area contributed by atoms with Gasteiger partial charge < -0.3 is 11.1 Å². The maximum absolute atomic E-state index is 12.9. The summed E-state index contributed by atoms with van der Waals surface area (Å²) in [6.07, 6.45) is 0.905. The highest BCUT2D eigenvalue weighted by Crippen LogP contribution is 2.09. The topological polar surface area (TPSA) is 38.0 Å². The zero-order chi connectivity index (χ0) is 11.3. The van der Waals surface area contributed by atoms with E-state index in [0.29, 0.717) is 13.1 Å². The van der Waals surface area contributed by atoms with Crippen molar-refractivity contribution < 1.29 is 4.39 Å². The van der Waals surface area contributed by atoms with Crippen molar-refractivity contribution in [2.24, 2.45) is 5.73 Å². The smallest absolute Gasteiger partial charge is 0.123 e. The molecule has 0 aromatic heterocycles. The van der Waals surface area contributed by atoms with E-state index in [1.165, 1.54) is 6.07 Å². The molecule has 15 heavy (non-hydrogen) atoms. The number of benzene rings is 1. The summed E-state index contributed by atoms with van der Waals surface area (Å²) in [5, 5.41) is 3.36. The number of rotatable bonds is 5. The van der Waals surface area contributed by atoms with E-state index in [1.807, 2.05) is 6.07 Å². The lowest BCUT2D eigenvalue weighted by Gasteiger charge is -2.25. The number of nitrogens with two attached hydrogens (primary N) is 1. The molecule has 0 atom stereocenters. The fourth-order valence-electron chi connectivity index (χ4n) is 1.44. The summed E-state index contributed by atoms with van der Waals surface area (Å²) < 4.78 is 12.9. The summed E-state index contributed by atoms with van der Waals surface area (Å²) >= 11 is 0. The average molecular weight is 210 g/mol. The van der Waals surface area contributed by atoms with Crippen molar-refractivity contribution in [1.29, 1.82) is 0 Å². The molecular formula is C12H19FN2. The van der Waals surface area contributed by atoms with Crippen LogP contribution < -0.4 is 11.1 Å². The monoisotopic (exact) mass is 210 g/mol. The molecule has 3 heteroatoms. The summed E-state index contributed by atoms with van der Waals surface area (Å²) in [7, 11) is 0. The second kappa shape index (κ2) is 5.24. The third-order valence-electron chi connectivity index (χ3n) is 2.43. The lowest BCUT2D eigenvalue weighted by atomic mass is 10.0. The highest BCUT2D eigenvalue weighted by atomic mass is 19.1. The fraction of sp³-hybridized carbons (Fsp3) is 0.500. The van der Waals surface area contributed by atoms with Gasteiger partial charge in [-0.05, 0) is 44.5 Å². The SMILES string of the molecule is CC(C)(CCN)NCc1cccc(F)c1. The van der Waals surface area contributed by atoms with Gasteiger partial charge in [0.15, 0.2) is 0 Å². The first-order chi connectivity index (χ1) is 7.03. The molecule has 0 bridgehead atoms. The van der Waals surface area contributed by atoms with E-state index in [-0.39, 0.29) is 11.4 Å². The lowest BCUT2D eigenvalue weighted by molar-refractivity contribution is 0.365. The Hall–Kier alpha value is -0.930. The molecule has 0 saturated heterocycles. The van der Waals surface area contributed by atoms with Gasteiger partial charge in [-0.15, -0.1) is 0 Å². The molecular weight excluding hydrogens is 191 g/mol. The van der Waals surface area contributed by atoms with Gasteiger partial charge in [0.1, 0.15) is 5.82 Å². The summed E-state index contributed by atoms with van der Waals surface area (Å²) in [5.74, 6) is -0.189. The fourth-order valence-corrected chi connectivity index (χ4v) is 1.44. The Labute approximate surface area is 90.7 Å². The van der Waals surface area contributed by atoms with Gasteiger partial charge in [-0.1, -0.05) is 12.1 Å². The Kier molecular flexibility index (Phi) is 4.24. The molecule has 0 radical (unpaired) electrons. The van der Waals surface area contributed by atoms with E-state index in [1.54, 1.807) is 12.1 Å². The molecule has 3 N–H and O–H groups in total. The Morgan fingerprint density at radius 1 is 1.40 bits per heavy atom. The van der Waals surface area contributed by atoms with Crippen LogP contribution in [0.2, 0.25) is 0 Å². The second-order valence-corrected chi connectivity index (χ2v) is 4.41. The largest absolute Gasteiger partial charge is 0.330 e. The van der Waals surface area contributed by atoms with E-state index < -0.39 is 0 Å². The molecule has 1 rings (SSSR count). The maximum atomic E-state index is 12.9. The average Bonchev–Trinajstić information content (AvgIpc) is 2.15. The Morgan fingerprint density at radius 3 is 2.73 bits per heavy atom. The molecule has 1 aromatic carbocycles. The van der Waals surface area contributed by atoms with Crippen molar-refractivity contribution in [3.05, 3.63) is 35.6 Å². The van der Waals surface area contributed by atoms with E-state index in [2.05, 4.69) is 19.2 Å². The predicted octanol–water partition coefficient (Wildman–Crippen LogP) is 2.04. The molecule has 0 fully saturated rings. The van der Waals surface area contributed by atoms with Crippen molar-refractivity contribution in [2.45, 2.75) is 32.4 Å². The van der Waals surface area contributed by atoms with Gasteiger partial charge in [0.2, 0.25) is 0 Å². The van der Waals surface area contributed by atoms with E-state index in [0.717, 1.165) is 12.0 Å². The quantitative estimate of drug-likeness (QED) is 0.780. The van der Waals surface area contributed by atoms with E-state index in [9.17, 15) is 4.39 Å². The van der Waals surface area contributed by atoms with Crippen molar-refractivity contribution in [2.75, 3.05) is 6.54 Å². The van der Waals surface area contributed by atoms with Gasteiger partial charge in [-0.3, -0.25) is 0 Å². The molecule has 0 aliphatic rings. The number of hydrogen-bond acceptors (Lipinski definition) is 2. The summed E-state index contributed by atoms with van der Waals surface area (Å²) in [6.45, 7) is 5.52. The van der Waals surface area contributed by atoms with Gasteiger partial charge >= 0.3 is 0 Å². The Bertz CT molecular complexity index is 310. The molecule has 0 unspecified atom stereocenters. The van der Waals surface area contributed by atoms with Crippen LogP contribution in [0.5, 0.6) is 0 Å². The van der Waals surface area contributed by atoms with Crippen molar-refractivity contribution in [3.8, 4) is 0 Å². The number of nitrogens with one attached hydrogen (secondary N) is 1. The third kappa shape index (κ3) is 4.40. The molecule has 0 amide bonds. The van der Waals surface area contributed by atoms with Crippen molar-refractivity contribution in [1.82, 2.24) is 5.32 Å². The molecule has 0 saturated carbocycles. The number of hydrogen-bond donors (Lipinski definition) is 2. The van der Waals surface area contributed by atoms with Gasteiger partial charge in [0, 0.05) is 12.1 Å². The minimum atomic E-state index is -0.189. The highest BCUT2D eigenvalue weighted by Gasteiger charge is 2.15. The van der Waals surface area contributed by atoms with Crippen LogP contribution in [0.25, 0.3) is 0 Å². The molecule has 0 aliphatic carbocycles. The van der Waals surface area contributed by atoms with Crippen molar-refractivity contribution >= 4 is 0 Å². The first kappa shape index (κ1) is 12.1. The van der Waals surface area contributed by atoms with Crippen LogP contribution in [0.15, 0.2) is 24.3 Å². The molecule has 1 aromatic rings. The predicted molar refractivity (Wildman–Crippen MR) is 61.0 cm³/mol.